The van der Waals surface area contributed by atoms with E-state index in [1.165, 1.54) is 6.92 Å². The summed E-state index contributed by atoms with van der Waals surface area (Å²) in [5, 5.41) is 0. The van der Waals surface area contributed by atoms with Gasteiger partial charge in [0.15, 0.2) is 12.1 Å². The Bertz CT molecular complexity index is 455. The maximum absolute atomic E-state index is 11.3. The fraction of sp³-hybridized carbons (Fsp3) is 0.533. The van der Waals surface area contributed by atoms with Crippen LogP contribution in [-0.4, -0.2) is 31.9 Å². The van der Waals surface area contributed by atoms with Crippen LogP contribution in [0.1, 0.15) is 36.5 Å². The summed E-state index contributed by atoms with van der Waals surface area (Å²) in [7, 11) is 0. The highest BCUT2D eigenvalue weighted by Gasteiger charge is 2.13. The summed E-state index contributed by atoms with van der Waals surface area (Å²) in [5.74, 6) is 0.507. The second-order valence-electron chi connectivity index (χ2n) is 4.82. The quantitative estimate of drug-likeness (QED) is 0.492. The topological polar surface area (TPSA) is 70.8 Å². The van der Waals surface area contributed by atoms with Crippen molar-refractivity contribution in [2.45, 2.75) is 32.5 Å². The van der Waals surface area contributed by atoms with Crippen molar-refractivity contribution in [2.24, 2.45) is 0 Å². The molecule has 0 radical (unpaired) electrons. The van der Waals surface area contributed by atoms with Crippen LogP contribution in [0.2, 0.25) is 0 Å². The third-order valence-corrected chi connectivity index (χ3v) is 3.20. The first kappa shape index (κ1) is 14.8. The molecule has 1 atom stereocenters. The lowest BCUT2D eigenvalue weighted by Gasteiger charge is -2.22. The zero-order valence-corrected chi connectivity index (χ0v) is 11.8. The number of ether oxygens (including phenoxy) is 3. The second kappa shape index (κ2) is 7.26. The summed E-state index contributed by atoms with van der Waals surface area (Å²) in [6, 6.07) is 5.03. The number of ketones is 1. The van der Waals surface area contributed by atoms with Crippen molar-refractivity contribution in [2.75, 3.05) is 25.6 Å². The van der Waals surface area contributed by atoms with Crippen LogP contribution in [0, 0.1) is 0 Å². The van der Waals surface area contributed by atoms with Crippen molar-refractivity contribution >= 4 is 11.5 Å². The summed E-state index contributed by atoms with van der Waals surface area (Å²) >= 11 is 0. The molecule has 0 aromatic heterocycles. The molecule has 1 aliphatic rings. The maximum atomic E-state index is 11.3. The highest BCUT2D eigenvalue weighted by molar-refractivity contribution is 5.95. The lowest BCUT2D eigenvalue weighted by atomic mass is 10.1. The standard InChI is InChI=1S/C15H21NO4/c1-11(17)12-5-6-13(16)14(10-12)18-8-9-20-15-4-2-3-7-19-15/h5-6,10,15H,2-4,7-9,16H2,1H3. The van der Waals surface area contributed by atoms with E-state index in [1.807, 2.05) is 0 Å². The number of rotatable bonds is 6. The van der Waals surface area contributed by atoms with Crippen LogP contribution in [0.4, 0.5) is 5.69 Å². The van der Waals surface area contributed by atoms with Gasteiger partial charge in [0.25, 0.3) is 0 Å². The minimum absolute atomic E-state index is 0.0123. The molecule has 0 amide bonds. The fourth-order valence-corrected chi connectivity index (χ4v) is 2.05. The van der Waals surface area contributed by atoms with Gasteiger partial charge in [-0.05, 0) is 44.4 Å². The third-order valence-electron chi connectivity index (χ3n) is 3.20. The molecule has 5 heteroatoms. The fourth-order valence-electron chi connectivity index (χ4n) is 2.05. The van der Waals surface area contributed by atoms with Crippen LogP contribution in [0.5, 0.6) is 5.75 Å². The highest BCUT2D eigenvalue weighted by atomic mass is 16.7. The first-order valence-corrected chi connectivity index (χ1v) is 6.93. The molecule has 2 rings (SSSR count). The molecule has 5 nitrogen and oxygen atoms in total. The molecule has 0 aliphatic carbocycles. The number of carbonyl (C=O) groups is 1. The Balaban J connectivity index is 1.78. The minimum atomic E-state index is -0.117. The van der Waals surface area contributed by atoms with E-state index in [0.29, 0.717) is 30.2 Å². The maximum Gasteiger partial charge on any atom is 0.159 e. The zero-order valence-electron chi connectivity index (χ0n) is 11.8. The van der Waals surface area contributed by atoms with Crippen molar-refractivity contribution in [3.63, 3.8) is 0 Å². The molecule has 1 fully saturated rings. The van der Waals surface area contributed by atoms with E-state index in [4.69, 9.17) is 19.9 Å². The molecule has 1 saturated heterocycles. The van der Waals surface area contributed by atoms with Crippen molar-refractivity contribution < 1.29 is 19.0 Å². The van der Waals surface area contributed by atoms with Gasteiger partial charge in [-0.2, -0.15) is 0 Å². The van der Waals surface area contributed by atoms with Gasteiger partial charge in [-0.3, -0.25) is 4.79 Å². The van der Waals surface area contributed by atoms with Gasteiger partial charge < -0.3 is 19.9 Å². The van der Waals surface area contributed by atoms with Crippen LogP contribution in [0.3, 0.4) is 0 Å². The van der Waals surface area contributed by atoms with Gasteiger partial charge in [0, 0.05) is 12.2 Å². The lowest BCUT2D eigenvalue weighted by Crippen LogP contribution is -2.24. The predicted molar refractivity (Wildman–Crippen MR) is 75.9 cm³/mol. The van der Waals surface area contributed by atoms with Crippen molar-refractivity contribution in [3.8, 4) is 5.75 Å². The van der Waals surface area contributed by atoms with E-state index in [2.05, 4.69) is 0 Å². The number of Topliss-reactive ketones (excluding diaryl/α,β-unsaturated/α-hetero) is 1. The lowest BCUT2D eigenvalue weighted by molar-refractivity contribution is -0.165. The van der Waals surface area contributed by atoms with Gasteiger partial charge in [0.1, 0.15) is 12.4 Å². The Morgan fingerprint density at radius 3 is 2.95 bits per heavy atom. The van der Waals surface area contributed by atoms with Crippen molar-refractivity contribution in [3.05, 3.63) is 23.8 Å². The Kier molecular flexibility index (Phi) is 5.38. The van der Waals surface area contributed by atoms with Crippen LogP contribution in [-0.2, 0) is 9.47 Å². The Hall–Kier alpha value is -1.59. The molecule has 0 saturated carbocycles. The second-order valence-corrected chi connectivity index (χ2v) is 4.82. The van der Waals surface area contributed by atoms with Gasteiger partial charge >= 0.3 is 0 Å². The Morgan fingerprint density at radius 2 is 2.25 bits per heavy atom. The van der Waals surface area contributed by atoms with E-state index in [-0.39, 0.29) is 12.1 Å². The largest absolute Gasteiger partial charge is 0.489 e. The van der Waals surface area contributed by atoms with E-state index < -0.39 is 0 Å². The third kappa shape index (κ3) is 4.21. The molecule has 1 unspecified atom stereocenters. The summed E-state index contributed by atoms with van der Waals surface area (Å²) < 4.78 is 16.6. The minimum Gasteiger partial charge on any atom is -0.489 e. The molecule has 20 heavy (non-hydrogen) atoms. The molecule has 1 aromatic rings. The number of nitrogen functional groups attached to an aromatic ring is 1. The average molecular weight is 279 g/mol. The molecule has 0 spiro atoms. The number of anilines is 1. The number of benzene rings is 1. The summed E-state index contributed by atoms with van der Waals surface area (Å²) in [6.07, 6.45) is 3.06. The summed E-state index contributed by atoms with van der Waals surface area (Å²) in [5.41, 5.74) is 6.92. The van der Waals surface area contributed by atoms with E-state index in [1.54, 1.807) is 18.2 Å². The molecule has 0 bridgehead atoms. The predicted octanol–water partition coefficient (Wildman–Crippen LogP) is 2.39. The molecular weight excluding hydrogens is 258 g/mol. The van der Waals surface area contributed by atoms with Gasteiger partial charge in [0.05, 0.1) is 12.3 Å². The molecular formula is C15H21NO4. The van der Waals surface area contributed by atoms with Crippen LogP contribution < -0.4 is 10.5 Å². The Morgan fingerprint density at radius 1 is 1.40 bits per heavy atom. The SMILES string of the molecule is CC(=O)c1ccc(N)c(OCCOC2CCCCO2)c1. The van der Waals surface area contributed by atoms with Gasteiger partial charge in [-0.1, -0.05) is 0 Å². The average Bonchev–Trinajstić information content (AvgIpc) is 2.46. The number of hydrogen-bond donors (Lipinski definition) is 1. The van der Waals surface area contributed by atoms with Crippen molar-refractivity contribution in [1.29, 1.82) is 0 Å². The number of nitrogens with two attached hydrogens (primary N) is 1. The normalized spacial score (nSPS) is 18.8. The molecule has 1 heterocycles. The van der Waals surface area contributed by atoms with E-state index >= 15 is 0 Å². The number of carbonyl (C=O) groups excluding carboxylic acids is 1. The molecule has 1 aromatic carbocycles. The van der Waals surface area contributed by atoms with Crippen LogP contribution >= 0.6 is 0 Å². The Labute approximate surface area is 119 Å². The zero-order chi connectivity index (χ0) is 14.4. The molecule has 110 valence electrons. The van der Waals surface area contributed by atoms with Gasteiger partial charge in [-0.15, -0.1) is 0 Å². The van der Waals surface area contributed by atoms with Crippen LogP contribution in [0.25, 0.3) is 0 Å². The summed E-state index contributed by atoms with van der Waals surface area (Å²) in [4.78, 5) is 11.3. The highest BCUT2D eigenvalue weighted by Crippen LogP contribution is 2.23. The van der Waals surface area contributed by atoms with E-state index in [9.17, 15) is 4.79 Å². The summed E-state index contributed by atoms with van der Waals surface area (Å²) in [6.45, 7) is 3.10. The smallest absolute Gasteiger partial charge is 0.159 e. The number of hydrogen-bond acceptors (Lipinski definition) is 5. The van der Waals surface area contributed by atoms with Crippen LogP contribution in [0.15, 0.2) is 18.2 Å². The van der Waals surface area contributed by atoms with E-state index in [0.717, 1.165) is 25.9 Å². The molecule has 1 aliphatic heterocycles. The first-order chi connectivity index (χ1) is 9.66. The first-order valence-electron chi connectivity index (χ1n) is 6.93. The monoisotopic (exact) mass is 279 g/mol. The van der Waals surface area contributed by atoms with Gasteiger partial charge in [-0.25, -0.2) is 0 Å². The molecule has 2 N–H and O–H groups in total. The van der Waals surface area contributed by atoms with Gasteiger partial charge in [0.2, 0.25) is 0 Å². The van der Waals surface area contributed by atoms with Crippen molar-refractivity contribution in [1.82, 2.24) is 0 Å².